The van der Waals surface area contributed by atoms with E-state index in [1.54, 1.807) is 0 Å². The standard InChI is InChI=1S/C15H18F3NO5/c1-23-9-8-11(14(21)22)19-13(20)7-6-10-4-2-3-5-12(10)24-15(16,17)18/h2-5,11H,6-9H2,1H3,(H,19,20)(H,21,22). The van der Waals surface area contributed by atoms with Gasteiger partial charge in [-0.15, -0.1) is 13.2 Å². The Morgan fingerprint density at radius 3 is 2.54 bits per heavy atom. The van der Waals surface area contributed by atoms with Crippen molar-refractivity contribution in [3.8, 4) is 5.75 Å². The van der Waals surface area contributed by atoms with Crippen LogP contribution in [-0.4, -0.2) is 43.1 Å². The molecule has 0 spiro atoms. The average Bonchev–Trinajstić information content (AvgIpc) is 2.48. The fourth-order valence-electron chi connectivity index (χ4n) is 1.94. The quantitative estimate of drug-likeness (QED) is 0.713. The summed E-state index contributed by atoms with van der Waals surface area (Å²) in [5.74, 6) is -2.17. The Hall–Kier alpha value is -2.29. The third-order valence-electron chi connectivity index (χ3n) is 3.06. The normalized spacial score (nSPS) is 12.5. The number of rotatable bonds is 9. The van der Waals surface area contributed by atoms with E-state index in [2.05, 4.69) is 10.1 Å². The number of carbonyl (C=O) groups is 2. The number of alkyl halides is 3. The lowest BCUT2D eigenvalue weighted by Crippen LogP contribution is -2.41. The molecule has 2 N–H and O–H groups in total. The fourth-order valence-corrected chi connectivity index (χ4v) is 1.94. The number of nitrogens with one attached hydrogen (secondary N) is 1. The molecule has 1 rings (SSSR count). The lowest BCUT2D eigenvalue weighted by Gasteiger charge is -2.15. The zero-order valence-corrected chi connectivity index (χ0v) is 12.9. The highest BCUT2D eigenvalue weighted by atomic mass is 19.4. The predicted octanol–water partition coefficient (Wildman–Crippen LogP) is 2.12. The number of ether oxygens (including phenoxy) is 2. The van der Waals surface area contributed by atoms with Gasteiger partial charge in [0.25, 0.3) is 0 Å². The second kappa shape index (κ2) is 9.11. The first kappa shape index (κ1) is 19.8. The minimum absolute atomic E-state index is 0.0191. The number of methoxy groups -OCH3 is 1. The molecule has 1 aromatic carbocycles. The fraction of sp³-hybridized carbons (Fsp3) is 0.467. The van der Waals surface area contributed by atoms with Crippen LogP contribution in [0.1, 0.15) is 18.4 Å². The maximum atomic E-state index is 12.3. The minimum atomic E-state index is -4.83. The van der Waals surface area contributed by atoms with Crippen LogP contribution in [0.25, 0.3) is 0 Å². The van der Waals surface area contributed by atoms with Gasteiger partial charge < -0.3 is 19.9 Å². The van der Waals surface area contributed by atoms with Crippen molar-refractivity contribution in [2.24, 2.45) is 0 Å². The van der Waals surface area contributed by atoms with E-state index in [1.165, 1.54) is 25.3 Å². The summed E-state index contributed by atoms with van der Waals surface area (Å²) >= 11 is 0. The van der Waals surface area contributed by atoms with Crippen LogP contribution in [0.2, 0.25) is 0 Å². The molecule has 0 saturated heterocycles. The summed E-state index contributed by atoms with van der Waals surface area (Å²) in [6.45, 7) is 0.152. The van der Waals surface area contributed by atoms with E-state index in [0.29, 0.717) is 0 Å². The Morgan fingerprint density at radius 1 is 1.29 bits per heavy atom. The molecule has 0 radical (unpaired) electrons. The Kier molecular flexibility index (Phi) is 7.50. The van der Waals surface area contributed by atoms with Crippen molar-refractivity contribution < 1.29 is 37.3 Å². The molecule has 0 bridgehead atoms. The number of carbonyl (C=O) groups excluding carboxylic acids is 1. The van der Waals surface area contributed by atoms with Crippen molar-refractivity contribution in [2.45, 2.75) is 31.7 Å². The zero-order valence-electron chi connectivity index (χ0n) is 12.9. The summed E-state index contributed by atoms with van der Waals surface area (Å²) in [6, 6.07) is 4.36. The van der Waals surface area contributed by atoms with Gasteiger partial charge in [-0.2, -0.15) is 0 Å². The highest BCUT2D eigenvalue weighted by Crippen LogP contribution is 2.26. The number of para-hydroxylation sites is 1. The largest absolute Gasteiger partial charge is 0.573 e. The third-order valence-corrected chi connectivity index (χ3v) is 3.06. The lowest BCUT2D eigenvalue weighted by atomic mass is 10.1. The smallest absolute Gasteiger partial charge is 0.480 e. The van der Waals surface area contributed by atoms with Crippen LogP contribution in [0.5, 0.6) is 5.75 Å². The molecule has 0 saturated carbocycles. The zero-order chi connectivity index (χ0) is 18.2. The first-order valence-electron chi connectivity index (χ1n) is 7.07. The topological polar surface area (TPSA) is 84.9 Å². The Labute approximate surface area is 136 Å². The molecule has 1 amide bonds. The summed E-state index contributed by atoms with van der Waals surface area (Å²) in [5, 5.41) is 11.3. The lowest BCUT2D eigenvalue weighted by molar-refractivity contribution is -0.274. The van der Waals surface area contributed by atoms with E-state index in [-0.39, 0.29) is 37.2 Å². The van der Waals surface area contributed by atoms with Crippen LogP contribution in [-0.2, 0) is 20.7 Å². The summed E-state index contributed by atoms with van der Waals surface area (Å²) in [7, 11) is 1.40. The summed E-state index contributed by atoms with van der Waals surface area (Å²) in [5.41, 5.74) is 0.203. The van der Waals surface area contributed by atoms with Crippen molar-refractivity contribution in [3.63, 3.8) is 0 Å². The van der Waals surface area contributed by atoms with E-state index >= 15 is 0 Å². The van der Waals surface area contributed by atoms with E-state index in [9.17, 15) is 22.8 Å². The molecule has 9 heteroatoms. The van der Waals surface area contributed by atoms with Crippen LogP contribution in [0, 0.1) is 0 Å². The molecule has 0 aliphatic heterocycles. The molecule has 6 nitrogen and oxygen atoms in total. The predicted molar refractivity (Wildman–Crippen MR) is 77.5 cm³/mol. The maximum absolute atomic E-state index is 12.3. The molecule has 0 fully saturated rings. The van der Waals surface area contributed by atoms with Gasteiger partial charge in [-0.05, 0) is 18.1 Å². The molecule has 1 unspecified atom stereocenters. The van der Waals surface area contributed by atoms with Gasteiger partial charge in [-0.3, -0.25) is 4.79 Å². The molecular formula is C15H18F3NO5. The monoisotopic (exact) mass is 349 g/mol. The van der Waals surface area contributed by atoms with E-state index in [4.69, 9.17) is 9.84 Å². The molecule has 0 heterocycles. The number of halogens is 3. The van der Waals surface area contributed by atoms with Gasteiger partial charge in [-0.25, -0.2) is 4.79 Å². The highest BCUT2D eigenvalue weighted by molar-refractivity contribution is 5.83. The molecule has 134 valence electrons. The van der Waals surface area contributed by atoms with Crippen molar-refractivity contribution in [2.75, 3.05) is 13.7 Å². The van der Waals surface area contributed by atoms with Gasteiger partial charge in [0.2, 0.25) is 5.91 Å². The molecule has 0 aliphatic carbocycles. The first-order chi connectivity index (χ1) is 11.2. The van der Waals surface area contributed by atoms with Gasteiger partial charge in [0, 0.05) is 26.6 Å². The number of amides is 1. The Balaban J connectivity index is 2.62. The molecular weight excluding hydrogens is 331 g/mol. The molecule has 1 aromatic rings. The van der Waals surface area contributed by atoms with Gasteiger partial charge in [0.15, 0.2) is 0 Å². The second-order valence-electron chi connectivity index (χ2n) is 4.90. The first-order valence-corrected chi connectivity index (χ1v) is 7.07. The Bertz CT molecular complexity index is 562. The number of carboxylic acids is 1. The molecule has 0 aliphatic rings. The highest BCUT2D eigenvalue weighted by Gasteiger charge is 2.32. The van der Waals surface area contributed by atoms with Crippen LogP contribution in [0.3, 0.4) is 0 Å². The minimum Gasteiger partial charge on any atom is -0.480 e. The number of aryl methyl sites for hydroxylation is 1. The number of hydrogen-bond donors (Lipinski definition) is 2. The molecule has 24 heavy (non-hydrogen) atoms. The van der Waals surface area contributed by atoms with Crippen molar-refractivity contribution in [3.05, 3.63) is 29.8 Å². The molecule has 0 aromatic heterocycles. The summed E-state index contributed by atoms with van der Waals surface area (Å²) < 4.78 is 45.6. The van der Waals surface area contributed by atoms with E-state index in [1.807, 2.05) is 0 Å². The summed E-state index contributed by atoms with van der Waals surface area (Å²) in [4.78, 5) is 22.8. The Morgan fingerprint density at radius 2 is 1.96 bits per heavy atom. The van der Waals surface area contributed by atoms with Gasteiger partial charge >= 0.3 is 12.3 Å². The van der Waals surface area contributed by atoms with Crippen molar-refractivity contribution in [1.82, 2.24) is 5.32 Å². The number of hydrogen-bond acceptors (Lipinski definition) is 4. The maximum Gasteiger partial charge on any atom is 0.573 e. The van der Waals surface area contributed by atoms with Crippen LogP contribution >= 0.6 is 0 Å². The van der Waals surface area contributed by atoms with Gasteiger partial charge in [0.1, 0.15) is 11.8 Å². The van der Waals surface area contributed by atoms with Gasteiger partial charge in [-0.1, -0.05) is 18.2 Å². The van der Waals surface area contributed by atoms with Crippen LogP contribution in [0.4, 0.5) is 13.2 Å². The van der Waals surface area contributed by atoms with Gasteiger partial charge in [0.05, 0.1) is 0 Å². The SMILES string of the molecule is COCCC(NC(=O)CCc1ccccc1OC(F)(F)F)C(=O)O. The van der Waals surface area contributed by atoms with E-state index in [0.717, 1.165) is 6.07 Å². The second-order valence-corrected chi connectivity index (χ2v) is 4.90. The van der Waals surface area contributed by atoms with Crippen LogP contribution < -0.4 is 10.1 Å². The molecule has 1 atom stereocenters. The van der Waals surface area contributed by atoms with Crippen molar-refractivity contribution in [1.29, 1.82) is 0 Å². The average molecular weight is 349 g/mol. The third kappa shape index (κ3) is 7.32. The van der Waals surface area contributed by atoms with E-state index < -0.39 is 24.3 Å². The van der Waals surface area contributed by atoms with Crippen molar-refractivity contribution >= 4 is 11.9 Å². The summed E-state index contributed by atoms with van der Waals surface area (Å²) in [6.07, 6.45) is -4.93. The van der Waals surface area contributed by atoms with Crippen LogP contribution in [0.15, 0.2) is 24.3 Å². The number of aliphatic carboxylic acids is 1. The number of benzene rings is 1. The number of carboxylic acid groups (broad SMARTS) is 1.